The number of ether oxygens (including phenoxy) is 4. The summed E-state index contributed by atoms with van der Waals surface area (Å²) in [7, 11) is 6.17. The van der Waals surface area contributed by atoms with Crippen LogP contribution in [0.15, 0.2) is 40.6 Å². The van der Waals surface area contributed by atoms with Gasteiger partial charge in [0.1, 0.15) is 5.75 Å². The summed E-state index contributed by atoms with van der Waals surface area (Å²) < 4.78 is 21.9. The number of carbonyl (C=O) groups excluding carboxylic acids is 2. The van der Waals surface area contributed by atoms with Crippen molar-refractivity contribution in [3.63, 3.8) is 0 Å². The normalized spacial score (nSPS) is 12.9. The van der Waals surface area contributed by atoms with Gasteiger partial charge in [-0.05, 0) is 36.2 Å². The Balaban J connectivity index is 0.00000507. The number of urea groups is 1. The molecule has 1 atom stereocenters. The number of methoxy groups -OCH3 is 4. The molecule has 3 amide bonds. The van der Waals surface area contributed by atoms with Crippen LogP contribution in [0.1, 0.15) is 24.0 Å². The highest BCUT2D eigenvalue weighted by atomic mass is 35.5. The van der Waals surface area contributed by atoms with Crippen LogP contribution in [0.2, 0.25) is 0 Å². The Morgan fingerprint density at radius 2 is 1.66 bits per heavy atom. The number of azo groups is 1. The van der Waals surface area contributed by atoms with Gasteiger partial charge in [0.2, 0.25) is 5.75 Å². The number of amides is 3. The van der Waals surface area contributed by atoms with Gasteiger partial charge in [-0.25, -0.2) is 4.79 Å². The summed E-state index contributed by atoms with van der Waals surface area (Å²) in [4.78, 5) is 23.6. The molecule has 0 bridgehead atoms. The largest absolute Gasteiger partial charge is 1.00 e. The summed E-state index contributed by atoms with van der Waals surface area (Å²) in [5.41, 5.74) is 12.6. The fourth-order valence-electron chi connectivity index (χ4n) is 3.91. The molecule has 0 spiro atoms. The van der Waals surface area contributed by atoms with Gasteiger partial charge in [0.05, 0.1) is 46.4 Å². The SMILES string of the molecule is COc1ccc(C2=C(c3cc(OC)c(OC)c(OC)c3)N=NC2)cc1NC(=O)C([NH3+])CCCNC(N)=O.[Cl-]. The number of halogens is 1. The number of nitrogens with zero attached hydrogens (tertiary/aromatic N) is 2. The molecule has 12 nitrogen and oxygen atoms in total. The van der Waals surface area contributed by atoms with Gasteiger partial charge in [-0.2, -0.15) is 10.2 Å². The molecule has 3 rings (SSSR count). The van der Waals surface area contributed by atoms with Crippen LogP contribution < -0.4 is 53.5 Å². The zero-order valence-corrected chi connectivity index (χ0v) is 22.6. The van der Waals surface area contributed by atoms with Crippen molar-refractivity contribution in [1.29, 1.82) is 0 Å². The number of carbonyl (C=O) groups is 2. The van der Waals surface area contributed by atoms with E-state index in [1.807, 2.05) is 24.3 Å². The van der Waals surface area contributed by atoms with Crippen LogP contribution in [0.25, 0.3) is 11.3 Å². The summed E-state index contributed by atoms with van der Waals surface area (Å²) in [5, 5.41) is 14.0. The maximum absolute atomic E-state index is 12.8. The zero-order valence-electron chi connectivity index (χ0n) is 21.8. The van der Waals surface area contributed by atoms with Crippen molar-refractivity contribution in [3.8, 4) is 23.0 Å². The molecule has 2 aromatic rings. The molecule has 38 heavy (non-hydrogen) atoms. The van der Waals surface area contributed by atoms with Crippen molar-refractivity contribution in [2.45, 2.75) is 18.9 Å². The molecule has 0 fully saturated rings. The lowest BCUT2D eigenvalue weighted by Crippen LogP contribution is -3.00. The van der Waals surface area contributed by atoms with Gasteiger partial charge in [-0.3, -0.25) is 4.79 Å². The van der Waals surface area contributed by atoms with Gasteiger partial charge in [0, 0.05) is 24.1 Å². The van der Waals surface area contributed by atoms with Gasteiger partial charge in [-0.1, -0.05) is 6.07 Å². The van der Waals surface area contributed by atoms with Crippen LogP contribution in [-0.2, 0) is 4.79 Å². The minimum atomic E-state index is -0.600. The van der Waals surface area contributed by atoms with Crippen LogP contribution in [-0.4, -0.2) is 59.5 Å². The Morgan fingerprint density at radius 1 is 1.00 bits per heavy atom. The lowest BCUT2D eigenvalue weighted by molar-refractivity contribution is -0.403. The molecular formula is C25H33ClN6O6. The number of hydrogen-bond donors (Lipinski definition) is 4. The molecule has 1 aliphatic rings. The van der Waals surface area contributed by atoms with E-state index in [1.165, 1.54) is 7.11 Å². The highest BCUT2D eigenvalue weighted by Crippen LogP contribution is 2.43. The summed E-state index contributed by atoms with van der Waals surface area (Å²) in [5.74, 6) is 1.71. The van der Waals surface area contributed by atoms with E-state index in [4.69, 9.17) is 24.7 Å². The second-order valence-electron chi connectivity index (χ2n) is 8.18. The van der Waals surface area contributed by atoms with Crippen molar-refractivity contribution < 1.29 is 46.7 Å². The average molecular weight is 549 g/mol. The average Bonchev–Trinajstić information content (AvgIpc) is 3.40. The molecule has 1 aliphatic heterocycles. The fourth-order valence-corrected chi connectivity index (χ4v) is 3.91. The molecule has 0 radical (unpaired) electrons. The molecule has 0 aliphatic carbocycles. The van der Waals surface area contributed by atoms with Crippen LogP contribution >= 0.6 is 0 Å². The van der Waals surface area contributed by atoms with Crippen molar-refractivity contribution in [3.05, 3.63) is 41.5 Å². The lowest BCUT2D eigenvalue weighted by Gasteiger charge is -2.16. The monoisotopic (exact) mass is 548 g/mol. The van der Waals surface area contributed by atoms with E-state index in [-0.39, 0.29) is 18.3 Å². The van der Waals surface area contributed by atoms with Crippen molar-refractivity contribution in [2.24, 2.45) is 16.0 Å². The Morgan fingerprint density at radius 3 is 2.24 bits per heavy atom. The van der Waals surface area contributed by atoms with Crippen LogP contribution in [0.3, 0.4) is 0 Å². The fraction of sp³-hybridized carbons (Fsp3) is 0.360. The third-order valence-electron chi connectivity index (χ3n) is 5.83. The molecule has 1 unspecified atom stereocenters. The Labute approximate surface area is 227 Å². The minimum Gasteiger partial charge on any atom is -1.00 e. The molecule has 7 N–H and O–H groups in total. The first kappa shape index (κ1) is 30.2. The first-order valence-electron chi connectivity index (χ1n) is 11.6. The van der Waals surface area contributed by atoms with E-state index >= 15 is 0 Å². The number of nitrogens with two attached hydrogens (primary N) is 1. The van der Waals surface area contributed by atoms with Gasteiger partial charge in [-0.15, -0.1) is 0 Å². The predicted octanol–water partition coefficient (Wildman–Crippen LogP) is -0.943. The topological polar surface area (TPSA) is 174 Å². The smallest absolute Gasteiger partial charge is 0.312 e. The van der Waals surface area contributed by atoms with E-state index in [1.54, 1.807) is 27.4 Å². The maximum Gasteiger partial charge on any atom is 0.312 e. The number of hydrogen-bond acceptors (Lipinski definition) is 8. The number of nitrogens with one attached hydrogen (secondary N) is 2. The Kier molecular flexibility index (Phi) is 11.2. The van der Waals surface area contributed by atoms with E-state index < -0.39 is 12.1 Å². The summed E-state index contributed by atoms with van der Waals surface area (Å²) >= 11 is 0. The van der Waals surface area contributed by atoms with Crippen LogP contribution in [0.5, 0.6) is 23.0 Å². The number of primary amides is 1. The van der Waals surface area contributed by atoms with E-state index in [0.717, 1.165) is 16.7 Å². The maximum atomic E-state index is 12.8. The number of rotatable bonds is 12. The standard InChI is InChI=1S/C25H32N6O6.ClH/c1-34-19-8-7-14(10-18(19)30-24(32)17(26)6-5-9-28-25(27)33)16-13-29-31-22(16)15-11-20(35-2)23(37-4)21(12-15)36-3;/h7-8,10-12,17H,5-6,9,13,26H2,1-4H3,(H,30,32)(H3,27,28,33);1H. The first-order valence-corrected chi connectivity index (χ1v) is 11.6. The second kappa shape index (κ2) is 14.1. The second-order valence-corrected chi connectivity index (χ2v) is 8.18. The number of anilines is 1. The molecule has 0 aromatic heterocycles. The van der Waals surface area contributed by atoms with E-state index in [0.29, 0.717) is 60.3 Å². The van der Waals surface area contributed by atoms with E-state index in [2.05, 4.69) is 26.6 Å². The van der Waals surface area contributed by atoms with Gasteiger partial charge < -0.3 is 53.5 Å². The Hall–Kier alpha value is -4.03. The van der Waals surface area contributed by atoms with Gasteiger partial charge >= 0.3 is 6.03 Å². The van der Waals surface area contributed by atoms with Crippen molar-refractivity contribution in [1.82, 2.24) is 5.32 Å². The van der Waals surface area contributed by atoms with Crippen LogP contribution in [0.4, 0.5) is 10.5 Å². The summed E-state index contributed by atoms with van der Waals surface area (Å²) in [6.07, 6.45) is 1.04. The summed E-state index contributed by atoms with van der Waals surface area (Å²) in [6.45, 7) is 0.731. The number of benzene rings is 2. The summed E-state index contributed by atoms with van der Waals surface area (Å²) in [6, 6.07) is 7.97. The minimum absolute atomic E-state index is 0. The molecule has 1 heterocycles. The molecule has 0 saturated heterocycles. The molecule has 0 saturated carbocycles. The first-order chi connectivity index (χ1) is 17.8. The molecule has 13 heteroatoms. The van der Waals surface area contributed by atoms with Crippen molar-refractivity contribution in [2.75, 3.05) is 46.8 Å². The highest BCUT2D eigenvalue weighted by Gasteiger charge is 2.23. The van der Waals surface area contributed by atoms with E-state index in [9.17, 15) is 9.59 Å². The van der Waals surface area contributed by atoms with Crippen molar-refractivity contribution >= 4 is 28.9 Å². The third-order valence-corrected chi connectivity index (χ3v) is 5.83. The quantitative estimate of drug-likeness (QED) is 0.249. The lowest BCUT2D eigenvalue weighted by atomic mass is 9.99. The van der Waals surface area contributed by atoms with Crippen LogP contribution in [0, 0.1) is 0 Å². The Bertz CT molecular complexity index is 1190. The van der Waals surface area contributed by atoms with Gasteiger partial charge in [0.15, 0.2) is 17.5 Å². The zero-order chi connectivity index (χ0) is 26.9. The molecule has 2 aromatic carbocycles. The van der Waals surface area contributed by atoms with Gasteiger partial charge in [0.25, 0.3) is 5.91 Å². The highest BCUT2D eigenvalue weighted by molar-refractivity contribution is 5.98. The predicted molar refractivity (Wildman–Crippen MR) is 138 cm³/mol. The molecule has 206 valence electrons. The third kappa shape index (κ3) is 7.05. The number of quaternary nitrogens is 1. The molecular weight excluding hydrogens is 516 g/mol.